The number of rotatable bonds is 40. The van der Waals surface area contributed by atoms with Gasteiger partial charge in [0.1, 0.15) is 49.5 Å². The third kappa shape index (κ3) is 32.8. The first-order chi connectivity index (χ1) is 55.3. The standard InChI is InChI=1S/C77H108N14O25/c1-7-8-9-10-11-12-13-24-66(101)87-57(26-48-33-81-54-22-17-14-19-50(48)54)75(110)89-56(32-65(79)100)63(98)27-47(29-69(104)105)71(106)91-70-46(5)116-77(112)58(31-61(96)51-20-15-16-21-53(51)80-6)90-73(108)52(43(2)37-113-40-93)30-64(99)59(36-92)88-68(103)34-82-74(109)60(39-115-42-95)84-44(3)45(4)85-72(107)49(38-114-41-94)28-62(97)55(23-18-25-78)86-67(102)35-83-76(70)111/h14-17,19-22,33,40-43,45-47,49,52,55-60,70,80-81,84,92H,3,7-13,18,23-32,34-39,78H2,1-2,4-6H3,(H2,79,100)(H,82,109)(H,83,111)(H,85,107)(H,86,102)(H,87,101)(H,88,103)(H,89,110)(H,90,108)(H,91,106)(H,104,105)/t43?,45-,46-,47+,49+,52+,55+,56-,57+,58+,59-,60+,70+/m1/s1. The average Bonchev–Trinajstić information content (AvgIpc) is 1.52. The van der Waals surface area contributed by atoms with Crippen molar-refractivity contribution in [3.63, 3.8) is 0 Å². The highest BCUT2D eigenvalue weighted by Gasteiger charge is 2.41. The molecule has 1 aliphatic rings. The van der Waals surface area contributed by atoms with Crippen LogP contribution in [0.25, 0.3) is 10.9 Å². The molecule has 0 bridgehead atoms. The normalized spacial score (nSPS) is 21.1. The number of Topliss-reactive ketones (excluding diaryl/α,β-unsaturated/α-hetero) is 4. The van der Waals surface area contributed by atoms with E-state index in [0.29, 0.717) is 29.3 Å². The molecule has 13 atom stereocenters. The number of aliphatic hydroxyl groups excluding tert-OH is 1. The number of aromatic nitrogens is 1. The van der Waals surface area contributed by atoms with E-state index in [0.717, 1.165) is 39.0 Å². The summed E-state index contributed by atoms with van der Waals surface area (Å²) in [7, 11) is 1.46. The van der Waals surface area contributed by atoms with Crippen LogP contribution < -0.4 is 70.0 Å². The second-order valence-electron chi connectivity index (χ2n) is 28.0. The number of carbonyl (C=O) groups is 19. The van der Waals surface area contributed by atoms with E-state index in [-0.39, 0.29) is 68.6 Å². The van der Waals surface area contributed by atoms with Crippen molar-refractivity contribution < 1.29 is 120 Å². The van der Waals surface area contributed by atoms with Crippen molar-refractivity contribution in [2.24, 2.45) is 35.1 Å². The van der Waals surface area contributed by atoms with Crippen molar-refractivity contribution in [1.82, 2.24) is 58.2 Å². The molecule has 2 heterocycles. The number of hydrogen-bond donors (Lipinski definition) is 16. The first kappa shape index (κ1) is 96.3. The fraction of sp³-hybridized carbons (Fsp3) is 0.545. The lowest BCUT2D eigenvalue weighted by Gasteiger charge is -2.29. The number of ketones is 4. The van der Waals surface area contributed by atoms with Crippen LogP contribution >= 0.6 is 0 Å². The molecule has 18 N–H and O–H groups in total. The number of benzene rings is 2. The first-order valence-corrected chi connectivity index (χ1v) is 38.0. The van der Waals surface area contributed by atoms with E-state index in [4.69, 9.17) is 30.4 Å². The van der Waals surface area contributed by atoms with E-state index in [1.165, 1.54) is 39.1 Å². The minimum absolute atomic E-state index is 0.00672. The number of anilines is 1. The highest BCUT2D eigenvalue weighted by molar-refractivity contribution is 6.05. The van der Waals surface area contributed by atoms with Crippen molar-refractivity contribution in [3.05, 3.63) is 78.1 Å². The summed E-state index contributed by atoms with van der Waals surface area (Å²) in [6.45, 7) is 4.23. The molecule has 636 valence electrons. The summed E-state index contributed by atoms with van der Waals surface area (Å²) < 4.78 is 20.5. The SMILES string of the molecule is C=C1N[C@@H](COC=O)C(=O)NCC(=O)N[C@H](CO)C(=O)C[C@@H](C(C)COC=O)C(=O)N[C@@H](CC(=O)c2ccccc2NC)C(=O)O[C@H](C)[C@H](NC(=O)[C@H](CC(=O)O)CC(=O)[C@@H](CC(N)=O)NC(=O)[C@H](Cc2c[nH]c3ccccc23)NC(=O)CCCCCCCCC)C(=O)NCC(=O)N[C@@H](CCCN)C(=O)C[C@@H](COC=O)C(=O)N[C@@H]1C. The van der Waals surface area contributed by atoms with Crippen LogP contribution in [0.4, 0.5) is 5.69 Å². The highest BCUT2D eigenvalue weighted by atomic mass is 16.5. The van der Waals surface area contributed by atoms with Gasteiger partial charge in [-0.1, -0.05) is 89.3 Å². The summed E-state index contributed by atoms with van der Waals surface area (Å²) in [5, 5.41) is 48.4. The third-order valence-corrected chi connectivity index (χ3v) is 19.1. The number of aliphatic hydroxyl groups is 1. The lowest BCUT2D eigenvalue weighted by atomic mass is 9.87. The second kappa shape index (κ2) is 50.9. The number of para-hydroxylation sites is 2. The van der Waals surface area contributed by atoms with Crippen molar-refractivity contribution >= 4 is 130 Å². The molecule has 3 aromatic rings. The van der Waals surface area contributed by atoms with Crippen LogP contribution in [0.15, 0.2) is 67.0 Å². The van der Waals surface area contributed by atoms with Crippen LogP contribution in [0.1, 0.15) is 146 Å². The number of aromatic amines is 1. The van der Waals surface area contributed by atoms with Gasteiger partial charge in [-0.3, -0.25) is 86.3 Å². The molecule has 1 unspecified atom stereocenters. The van der Waals surface area contributed by atoms with E-state index in [9.17, 15) is 96.5 Å². The second-order valence-corrected chi connectivity index (χ2v) is 28.0. The summed E-state index contributed by atoms with van der Waals surface area (Å²) in [5.41, 5.74) is 12.7. The number of H-pyrrole nitrogens is 1. The summed E-state index contributed by atoms with van der Waals surface area (Å²) in [6, 6.07) is -1.05. The Hall–Kier alpha value is -12.0. The topological polar surface area (TPSA) is 602 Å². The maximum Gasteiger partial charge on any atom is 0.329 e. The molecule has 4 rings (SSSR count). The monoisotopic (exact) mass is 1630 g/mol. The molecule has 1 fully saturated rings. The molecule has 39 nitrogen and oxygen atoms in total. The van der Waals surface area contributed by atoms with Gasteiger partial charge in [-0.05, 0) is 63.4 Å². The number of carbonyl (C=O) groups excluding carboxylic acids is 18. The highest BCUT2D eigenvalue weighted by Crippen LogP contribution is 2.25. The van der Waals surface area contributed by atoms with Crippen LogP contribution in [-0.4, -0.2) is 236 Å². The zero-order valence-corrected chi connectivity index (χ0v) is 65.6. The number of carboxylic acid groups (broad SMARTS) is 1. The number of unbranched alkanes of at least 4 members (excludes halogenated alkanes) is 6. The van der Waals surface area contributed by atoms with Gasteiger partial charge >= 0.3 is 11.9 Å². The van der Waals surface area contributed by atoms with Crippen molar-refractivity contribution in [3.8, 4) is 0 Å². The molecular formula is C77H108N14O25. The number of hydrogen-bond acceptors (Lipinski definition) is 27. The Labute approximate surface area is 669 Å². The maximum atomic E-state index is 15.0. The molecule has 0 radical (unpaired) electrons. The number of ether oxygens (including phenoxy) is 4. The van der Waals surface area contributed by atoms with Crippen molar-refractivity contribution in [2.45, 2.75) is 191 Å². The fourth-order valence-electron chi connectivity index (χ4n) is 12.5. The zero-order chi connectivity index (χ0) is 86.0. The lowest BCUT2D eigenvalue weighted by molar-refractivity contribution is -0.156. The number of carboxylic acids is 1. The predicted molar refractivity (Wildman–Crippen MR) is 412 cm³/mol. The first-order valence-electron chi connectivity index (χ1n) is 38.0. The Morgan fingerprint density at radius 1 is 0.681 bits per heavy atom. The van der Waals surface area contributed by atoms with Crippen LogP contribution in [0, 0.1) is 23.7 Å². The Balaban J connectivity index is 1.88. The zero-order valence-electron chi connectivity index (χ0n) is 65.6. The number of esters is 1. The number of fused-ring (bicyclic) bond motifs is 1. The van der Waals surface area contributed by atoms with Crippen LogP contribution in [-0.2, 0) is 112 Å². The molecule has 116 heavy (non-hydrogen) atoms. The Kier molecular flexibility index (Phi) is 42.3. The molecule has 1 saturated heterocycles. The van der Waals surface area contributed by atoms with E-state index in [1.807, 2.05) is 0 Å². The average molecular weight is 1630 g/mol. The largest absolute Gasteiger partial charge is 0.481 e. The molecule has 10 amide bonds. The van der Waals surface area contributed by atoms with Gasteiger partial charge < -0.3 is 104 Å². The van der Waals surface area contributed by atoms with E-state index < -0.39 is 250 Å². The van der Waals surface area contributed by atoms with Gasteiger partial charge in [-0.15, -0.1) is 0 Å². The summed E-state index contributed by atoms with van der Waals surface area (Å²) in [4.78, 5) is 263. The molecule has 0 aliphatic carbocycles. The van der Waals surface area contributed by atoms with Gasteiger partial charge in [0.15, 0.2) is 23.1 Å². The van der Waals surface area contributed by atoms with Crippen LogP contribution in [0.3, 0.4) is 0 Å². The van der Waals surface area contributed by atoms with Gasteiger partial charge in [-0.2, -0.15) is 0 Å². The molecular weight excluding hydrogens is 1520 g/mol. The van der Waals surface area contributed by atoms with Gasteiger partial charge in [0.05, 0.1) is 75.0 Å². The van der Waals surface area contributed by atoms with E-state index in [2.05, 4.69) is 77.0 Å². The predicted octanol–water partition coefficient (Wildman–Crippen LogP) is -1.81. The maximum absolute atomic E-state index is 15.0. The Morgan fingerprint density at radius 2 is 1.31 bits per heavy atom. The van der Waals surface area contributed by atoms with E-state index >= 15 is 4.79 Å². The summed E-state index contributed by atoms with van der Waals surface area (Å²) >= 11 is 0. The number of amides is 10. The molecule has 39 heteroatoms. The van der Waals surface area contributed by atoms with Crippen LogP contribution in [0.5, 0.6) is 0 Å². The van der Waals surface area contributed by atoms with Gasteiger partial charge in [0.2, 0.25) is 59.1 Å². The van der Waals surface area contributed by atoms with Crippen LogP contribution in [0.2, 0.25) is 0 Å². The molecule has 0 saturated carbocycles. The number of nitrogens with one attached hydrogen (secondary N) is 12. The van der Waals surface area contributed by atoms with Gasteiger partial charge in [0, 0.05) is 85.5 Å². The Morgan fingerprint density at radius 3 is 1.96 bits per heavy atom. The van der Waals surface area contributed by atoms with Crippen molar-refractivity contribution in [1.29, 1.82) is 0 Å². The van der Waals surface area contributed by atoms with Crippen molar-refractivity contribution in [2.75, 3.05) is 58.4 Å². The number of primary amides is 1. The van der Waals surface area contributed by atoms with E-state index in [1.54, 1.807) is 36.5 Å². The molecule has 0 spiro atoms. The smallest absolute Gasteiger partial charge is 0.329 e. The number of aliphatic carboxylic acids is 1. The Bertz CT molecular complexity index is 3940. The molecule has 2 aromatic carbocycles. The number of nitrogens with two attached hydrogens (primary N) is 2. The van der Waals surface area contributed by atoms with Gasteiger partial charge in [-0.25, -0.2) is 4.79 Å². The fourth-order valence-corrected chi connectivity index (χ4v) is 12.5. The molecule has 1 aliphatic heterocycles. The van der Waals surface area contributed by atoms with Gasteiger partial charge in [0.25, 0.3) is 19.4 Å². The summed E-state index contributed by atoms with van der Waals surface area (Å²) in [5.74, 6) is -24.9. The third-order valence-electron chi connectivity index (χ3n) is 19.1. The minimum atomic E-state index is -2.32. The summed E-state index contributed by atoms with van der Waals surface area (Å²) in [6.07, 6.45) is -0.679. The molecule has 1 aromatic heterocycles. The number of cyclic esters (lactones) is 1. The lowest BCUT2D eigenvalue weighted by Crippen LogP contribution is -2.57. The quantitative estimate of drug-likeness (QED) is 0.00981. The minimum Gasteiger partial charge on any atom is -0.481 e.